The van der Waals surface area contributed by atoms with E-state index in [1.807, 2.05) is 13.0 Å². The number of nitrogens with zero attached hydrogens (tertiary/aromatic N) is 1. The molecule has 0 aliphatic heterocycles. The third-order valence-electron chi connectivity index (χ3n) is 4.09. The Hall–Kier alpha value is -2.84. The number of H-pyrrole nitrogens is 1. The molecular weight excluding hydrogens is 400 g/mol. The highest BCUT2D eigenvalue weighted by Gasteiger charge is 2.14. The third kappa shape index (κ3) is 4.71. The monoisotopic (exact) mass is 418 g/mol. The first-order valence-corrected chi connectivity index (χ1v) is 10.6. The maximum absolute atomic E-state index is 12.5. The van der Waals surface area contributed by atoms with E-state index in [1.165, 1.54) is 0 Å². The van der Waals surface area contributed by atoms with Crippen LogP contribution in [0, 0.1) is 13.8 Å². The fourth-order valence-corrected chi connectivity index (χ4v) is 3.45. The molecule has 3 aromatic rings. The van der Waals surface area contributed by atoms with Crippen LogP contribution < -0.4 is 10.0 Å². The highest BCUT2D eigenvalue weighted by molar-refractivity contribution is 7.92. The summed E-state index contributed by atoms with van der Waals surface area (Å²) in [6.07, 6.45) is 1.07. The Bertz CT molecular complexity index is 1160. The lowest BCUT2D eigenvalue weighted by atomic mass is 10.1. The molecule has 2 aromatic carbocycles. The van der Waals surface area contributed by atoms with Gasteiger partial charge in [0, 0.05) is 16.3 Å². The van der Waals surface area contributed by atoms with Gasteiger partial charge in [0.1, 0.15) is 5.69 Å². The number of aryl methyl sites for hydroxylation is 2. The first-order chi connectivity index (χ1) is 13.1. The van der Waals surface area contributed by atoms with E-state index in [-0.39, 0.29) is 5.69 Å². The minimum Gasteiger partial charge on any atom is -0.321 e. The number of carbonyl (C=O) groups is 1. The van der Waals surface area contributed by atoms with E-state index in [2.05, 4.69) is 20.2 Å². The number of benzene rings is 2. The number of sulfonamides is 1. The van der Waals surface area contributed by atoms with Crippen molar-refractivity contribution >= 4 is 38.9 Å². The zero-order valence-corrected chi connectivity index (χ0v) is 17.1. The zero-order chi connectivity index (χ0) is 20.5. The summed E-state index contributed by atoms with van der Waals surface area (Å²) >= 11 is 6.05. The average Bonchev–Trinajstić information content (AvgIpc) is 3.09. The Morgan fingerprint density at radius 1 is 1.07 bits per heavy atom. The van der Waals surface area contributed by atoms with Gasteiger partial charge in [-0.2, -0.15) is 5.10 Å². The van der Waals surface area contributed by atoms with Crippen LogP contribution in [-0.2, 0) is 10.0 Å². The first kappa shape index (κ1) is 19.9. The number of aromatic nitrogens is 2. The molecule has 7 nitrogen and oxygen atoms in total. The summed E-state index contributed by atoms with van der Waals surface area (Å²) < 4.78 is 25.4. The number of anilines is 2. The Morgan fingerprint density at radius 2 is 1.79 bits per heavy atom. The summed E-state index contributed by atoms with van der Waals surface area (Å²) in [5.74, 6) is -0.396. The summed E-state index contributed by atoms with van der Waals surface area (Å²) in [4.78, 5) is 12.5. The maximum atomic E-state index is 12.5. The van der Waals surface area contributed by atoms with Crippen molar-refractivity contribution in [3.8, 4) is 11.3 Å². The topological polar surface area (TPSA) is 104 Å². The van der Waals surface area contributed by atoms with Gasteiger partial charge < -0.3 is 5.32 Å². The van der Waals surface area contributed by atoms with Gasteiger partial charge >= 0.3 is 0 Å². The lowest BCUT2D eigenvalue weighted by molar-refractivity contribution is 0.102. The normalized spacial score (nSPS) is 11.3. The highest BCUT2D eigenvalue weighted by atomic mass is 35.5. The van der Waals surface area contributed by atoms with Gasteiger partial charge in [0.2, 0.25) is 10.0 Å². The first-order valence-electron chi connectivity index (χ1n) is 8.34. The molecule has 1 aromatic heterocycles. The van der Waals surface area contributed by atoms with Gasteiger partial charge in [-0.05, 0) is 55.3 Å². The lowest BCUT2D eigenvalue weighted by Crippen LogP contribution is -2.14. The second-order valence-electron chi connectivity index (χ2n) is 6.48. The minimum atomic E-state index is -3.42. The van der Waals surface area contributed by atoms with Crippen LogP contribution in [0.3, 0.4) is 0 Å². The Morgan fingerprint density at radius 3 is 2.50 bits per heavy atom. The van der Waals surface area contributed by atoms with Crippen LogP contribution in [0.4, 0.5) is 11.4 Å². The van der Waals surface area contributed by atoms with E-state index >= 15 is 0 Å². The van der Waals surface area contributed by atoms with Crippen LogP contribution in [0.1, 0.15) is 21.6 Å². The predicted molar refractivity (Wildman–Crippen MR) is 111 cm³/mol. The lowest BCUT2D eigenvalue weighted by Gasteiger charge is -2.10. The predicted octanol–water partition coefficient (Wildman–Crippen LogP) is 3.97. The molecule has 146 valence electrons. The van der Waals surface area contributed by atoms with Gasteiger partial charge in [0.05, 0.1) is 17.6 Å². The molecule has 1 heterocycles. The summed E-state index contributed by atoms with van der Waals surface area (Å²) in [7, 11) is -3.42. The fourth-order valence-electron chi connectivity index (χ4n) is 2.65. The third-order valence-corrected chi connectivity index (χ3v) is 4.91. The largest absolute Gasteiger partial charge is 0.321 e. The molecule has 0 bridgehead atoms. The summed E-state index contributed by atoms with van der Waals surface area (Å²) in [5.41, 5.74) is 4.29. The molecule has 9 heteroatoms. The minimum absolute atomic E-state index is 0.271. The number of rotatable bonds is 5. The van der Waals surface area contributed by atoms with Crippen LogP contribution in [0.15, 0.2) is 42.5 Å². The van der Waals surface area contributed by atoms with Crippen molar-refractivity contribution in [2.24, 2.45) is 0 Å². The Kier molecular flexibility index (Phi) is 5.44. The molecule has 0 unspecified atom stereocenters. The van der Waals surface area contributed by atoms with Crippen molar-refractivity contribution in [3.63, 3.8) is 0 Å². The molecule has 0 saturated heterocycles. The molecule has 0 aliphatic carbocycles. The second-order valence-corrected chi connectivity index (χ2v) is 8.67. The van der Waals surface area contributed by atoms with Crippen molar-refractivity contribution in [3.05, 3.63) is 64.3 Å². The second kappa shape index (κ2) is 7.65. The SMILES string of the molecule is Cc1ccc(NC(=O)c2cc(-c3cc(Cl)ccc3C)n[nH]2)cc1NS(C)(=O)=O. The van der Waals surface area contributed by atoms with Crippen LogP contribution in [0.2, 0.25) is 5.02 Å². The molecule has 0 aliphatic rings. The molecule has 0 fully saturated rings. The number of aromatic amines is 1. The number of halogens is 1. The van der Waals surface area contributed by atoms with E-state index < -0.39 is 15.9 Å². The number of carbonyl (C=O) groups excluding carboxylic acids is 1. The molecule has 1 amide bonds. The standard InChI is InChI=1S/C19H19ClN4O3S/c1-11-4-6-13(20)8-15(11)17-10-18(23-22-17)19(25)21-14-7-5-12(2)16(9-14)24-28(3,26)27/h4-10,24H,1-3H3,(H,21,25)(H,22,23). The van der Waals surface area contributed by atoms with Crippen LogP contribution in [0.25, 0.3) is 11.3 Å². The van der Waals surface area contributed by atoms with Crippen LogP contribution in [0.5, 0.6) is 0 Å². The molecule has 3 rings (SSSR count). The zero-order valence-electron chi connectivity index (χ0n) is 15.5. The van der Waals surface area contributed by atoms with E-state index in [0.717, 1.165) is 22.9 Å². The molecule has 0 radical (unpaired) electrons. The Labute approximate surface area is 168 Å². The van der Waals surface area contributed by atoms with Gasteiger partial charge in [-0.1, -0.05) is 23.7 Å². The Balaban J connectivity index is 1.82. The summed E-state index contributed by atoms with van der Waals surface area (Å²) in [6.45, 7) is 3.70. The van der Waals surface area contributed by atoms with E-state index in [4.69, 9.17) is 11.6 Å². The average molecular weight is 419 g/mol. The van der Waals surface area contributed by atoms with E-state index in [0.29, 0.717) is 22.1 Å². The van der Waals surface area contributed by atoms with Gasteiger partial charge in [0.25, 0.3) is 5.91 Å². The van der Waals surface area contributed by atoms with Crippen molar-refractivity contribution < 1.29 is 13.2 Å². The van der Waals surface area contributed by atoms with Gasteiger partial charge in [0.15, 0.2) is 0 Å². The maximum Gasteiger partial charge on any atom is 0.273 e. The molecule has 3 N–H and O–H groups in total. The number of hydrogen-bond donors (Lipinski definition) is 3. The van der Waals surface area contributed by atoms with Crippen molar-refractivity contribution in [2.45, 2.75) is 13.8 Å². The van der Waals surface area contributed by atoms with Crippen molar-refractivity contribution in [1.82, 2.24) is 10.2 Å². The van der Waals surface area contributed by atoms with E-state index in [1.54, 1.807) is 43.3 Å². The summed E-state index contributed by atoms with van der Waals surface area (Å²) in [6, 6.07) is 12.1. The number of amides is 1. The molecule has 28 heavy (non-hydrogen) atoms. The highest BCUT2D eigenvalue weighted by Crippen LogP contribution is 2.26. The molecule has 0 atom stereocenters. The van der Waals surface area contributed by atoms with Gasteiger partial charge in [-0.15, -0.1) is 0 Å². The molecule has 0 saturated carbocycles. The molecule has 0 spiro atoms. The number of nitrogens with one attached hydrogen (secondary N) is 3. The van der Waals surface area contributed by atoms with Crippen molar-refractivity contribution in [2.75, 3.05) is 16.3 Å². The quantitative estimate of drug-likeness (QED) is 0.583. The molecular formula is C19H19ClN4O3S. The van der Waals surface area contributed by atoms with Crippen molar-refractivity contribution in [1.29, 1.82) is 0 Å². The van der Waals surface area contributed by atoms with Gasteiger partial charge in [-0.25, -0.2) is 8.42 Å². The smallest absolute Gasteiger partial charge is 0.273 e. The van der Waals surface area contributed by atoms with Crippen LogP contribution in [-0.4, -0.2) is 30.8 Å². The van der Waals surface area contributed by atoms with Crippen LogP contribution >= 0.6 is 11.6 Å². The van der Waals surface area contributed by atoms with Gasteiger partial charge in [-0.3, -0.25) is 14.6 Å². The van der Waals surface area contributed by atoms with E-state index in [9.17, 15) is 13.2 Å². The summed E-state index contributed by atoms with van der Waals surface area (Å²) in [5, 5.41) is 10.2. The number of hydrogen-bond acceptors (Lipinski definition) is 4. The fraction of sp³-hybridized carbons (Fsp3) is 0.158.